The summed E-state index contributed by atoms with van der Waals surface area (Å²) in [5, 5.41) is 2.99. The molecule has 2 N–H and O–H groups in total. The van der Waals surface area contributed by atoms with Crippen LogP contribution in [0.2, 0.25) is 0 Å². The number of amides is 2. The average molecular weight is 474 g/mol. The molecule has 0 aliphatic carbocycles. The highest BCUT2D eigenvalue weighted by atomic mass is 32.2. The highest BCUT2D eigenvalue weighted by Crippen LogP contribution is 2.32. The van der Waals surface area contributed by atoms with Crippen LogP contribution in [-0.4, -0.2) is 69.5 Å². The zero-order valence-electron chi connectivity index (χ0n) is 19.1. The Labute approximate surface area is 195 Å². The molecule has 178 valence electrons. The molecule has 2 saturated heterocycles. The minimum absolute atomic E-state index is 0.0388. The highest BCUT2D eigenvalue weighted by Gasteiger charge is 2.20. The summed E-state index contributed by atoms with van der Waals surface area (Å²) >= 11 is 0. The summed E-state index contributed by atoms with van der Waals surface area (Å²) in [6.45, 7) is 7.69. The molecule has 0 unspecified atom stereocenters. The Kier molecular flexibility index (Phi) is 7.04. The van der Waals surface area contributed by atoms with E-state index in [1.807, 2.05) is 36.1 Å². The molecule has 3 heterocycles. The first-order chi connectivity index (χ1) is 15.8. The first kappa shape index (κ1) is 23.3. The van der Waals surface area contributed by atoms with Gasteiger partial charge in [0.25, 0.3) is 0 Å². The zero-order valence-corrected chi connectivity index (χ0v) is 20.0. The van der Waals surface area contributed by atoms with Crippen molar-refractivity contribution in [2.75, 3.05) is 60.1 Å². The van der Waals surface area contributed by atoms with E-state index in [1.54, 1.807) is 13.0 Å². The molecule has 0 saturated carbocycles. The number of rotatable bonds is 6. The van der Waals surface area contributed by atoms with E-state index in [2.05, 4.69) is 19.9 Å². The van der Waals surface area contributed by atoms with Gasteiger partial charge in [0.15, 0.2) is 0 Å². The normalized spacial score (nSPS) is 16.7. The summed E-state index contributed by atoms with van der Waals surface area (Å²) in [6.07, 6.45) is 2.06. The third-order valence-corrected chi connectivity index (χ3v) is 7.26. The number of aromatic nitrogens is 1. The van der Waals surface area contributed by atoms with Crippen molar-refractivity contribution in [1.82, 2.24) is 9.88 Å². The van der Waals surface area contributed by atoms with Gasteiger partial charge in [0, 0.05) is 31.9 Å². The van der Waals surface area contributed by atoms with Gasteiger partial charge in [-0.05, 0) is 67.6 Å². The van der Waals surface area contributed by atoms with E-state index in [9.17, 15) is 13.2 Å². The minimum atomic E-state index is -3.48. The van der Waals surface area contributed by atoms with Crippen LogP contribution in [0.15, 0.2) is 30.3 Å². The van der Waals surface area contributed by atoms with Crippen molar-refractivity contribution in [2.24, 2.45) is 0 Å². The Bertz CT molecular complexity index is 1110. The van der Waals surface area contributed by atoms with Crippen LogP contribution in [0.5, 0.6) is 0 Å². The van der Waals surface area contributed by atoms with Gasteiger partial charge in [-0.25, -0.2) is 18.2 Å². The second-order valence-electron chi connectivity index (χ2n) is 8.36. The number of benzene rings is 1. The molecule has 1 aromatic carbocycles. The minimum Gasteiger partial charge on any atom is -0.378 e. The average Bonchev–Trinajstić information content (AvgIpc) is 3.36. The maximum atomic E-state index is 12.6. The number of anilines is 3. The second kappa shape index (κ2) is 9.96. The van der Waals surface area contributed by atoms with E-state index in [0.717, 1.165) is 42.6 Å². The lowest BCUT2D eigenvalue weighted by molar-refractivity contribution is 0.122. The highest BCUT2D eigenvalue weighted by molar-refractivity contribution is 7.92. The predicted octanol–water partition coefficient (Wildman–Crippen LogP) is 3.28. The van der Waals surface area contributed by atoms with Gasteiger partial charge < -0.3 is 19.9 Å². The maximum Gasteiger partial charge on any atom is 0.321 e. The molecule has 10 heteroatoms. The molecular weight excluding hydrogens is 442 g/mol. The largest absolute Gasteiger partial charge is 0.378 e. The van der Waals surface area contributed by atoms with Gasteiger partial charge in [0.2, 0.25) is 10.0 Å². The van der Waals surface area contributed by atoms with Gasteiger partial charge in [0.05, 0.1) is 19.0 Å². The smallest absolute Gasteiger partial charge is 0.321 e. The second-order valence-corrected chi connectivity index (χ2v) is 10.4. The molecular formula is C23H31N5O4S. The van der Waals surface area contributed by atoms with Crippen molar-refractivity contribution in [1.29, 1.82) is 0 Å². The Morgan fingerprint density at radius 1 is 1.09 bits per heavy atom. The summed E-state index contributed by atoms with van der Waals surface area (Å²) in [6, 6.07) is 9.38. The summed E-state index contributed by atoms with van der Waals surface area (Å²) in [5.74, 6) is 0.931. The van der Waals surface area contributed by atoms with Crippen molar-refractivity contribution in [3.8, 4) is 11.1 Å². The number of morpholine rings is 1. The number of likely N-dealkylation sites (tertiary alicyclic amines) is 1. The quantitative estimate of drug-likeness (QED) is 0.667. The van der Waals surface area contributed by atoms with Gasteiger partial charge >= 0.3 is 6.03 Å². The number of hydrogen-bond acceptors (Lipinski definition) is 6. The standard InChI is InChI=1S/C23H31N5O4S/c1-3-33(30,31)26-21-14-18(15-22(25-21)27-10-12-32-13-11-27)20-16-19(7-6-17(20)2)24-23(29)28-8-4-5-9-28/h6-7,14-16H,3-5,8-13H2,1-2H3,(H,24,29)(H,25,26). The van der Waals surface area contributed by atoms with Crippen molar-refractivity contribution in [3.05, 3.63) is 35.9 Å². The van der Waals surface area contributed by atoms with Gasteiger partial charge in [-0.15, -0.1) is 0 Å². The van der Waals surface area contributed by atoms with Crippen LogP contribution in [0.4, 0.5) is 22.1 Å². The van der Waals surface area contributed by atoms with Crippen molar-refractivity contribution >= 4 is 33.4 Å². The number of urea groups is 1. The van der Waals surface area contributed by atoms with Crippen molar-refractivity contribution in [2.45, 2.75) is 26.7 Å². The van der Waals surface area contributed by atoms with Crippen LogP contribution in [0, 0.1) is 6.92 Å². The molecule has 2 aliphatic rings. The molecule has 0 atom stereocenters. The van der Waals surface area contributed by atoms with E-state index in [-0.39, 0.29) is 17.6 Å². The Morgan fingerprint density at radius 3 is 2.52 bits per heavy atom. The summed E-state index contributed by atoms with van der Waals surface area (Å²) in [7, 11) is -3.48. The third kappa shape index (κ3) is 5.75. The number of aryl methyl sites for hydroxylation is 1. The summed E-state index contributed by atoms with van der Waals surface area (Å²) in [5.41, 5.74) is 3.45. The van der Waals surface area contributed by atoms with Crippen LogP contribution < -0.4 is 14.9 Å². The van der Waals surface area contributed by atoms with E-state index in [4.69, 9.17) is 4.74 Å². The monoisotopic (exact) mass is 473 g/mol. The topological polar surface area (TPSA) is 104 Å². The molecule has 0 bridgehead atoms. The Balaban J connectivity index is 1.69. The maximum absolute atomic E-state index is 12.6. The number of hydrogen-bond donors (Lipinski definition) is 2. The SMILES string of the molecule is CCS(=O)(=O)Nc1cc(-c2cc(NC(=O)N3CCCC3)ccc2C)cc(N2CCOCC2)n1. The van der Waals surface area contributed by atoms with Crippen LogP contribution in [0.1, 0.15) is 25.3 Å². The number of pyridine rings is 1. The van der Waals surface area contributed by atoms with Gasteiger partial charge in [-0.2, -0.15) is 0 Å². The van der Waals surface area contributed by atoms with Gasteiger partial charge in [-0.1, -0.05) is 6.07 Å². The lowest BCUT2D eigenvalue weighted by Crippen LogP contribution is -2.36. The number of sulfonamides is 1. The fourth-order valence-electron chi connectivity index (χ4n) is 4.04. The number of carbonyl (C=O) groups is 1. The molecule has 0 radical (unpaired) electrons. The molecule has 9 nitrogen and oxygen atoms in total. The van der Waals surface area contributed by atoms with E-state index in [0.29, 0.717) is 37.8 Å². The van der Waals surface area contributed by atoms with Crippen molar-refractivity contribution in [3.63, 3.8) is 0 Å². The fourth-order valence-corrected chi connectivity index (χ4v) is 4.61. The number of nitrogens with one attached hydrogen (secondary N) is 2. The molecule has 33 heavy (non-hydrogen) atoms. The molecule has 1 aromatic heterocycles. The van der Waals surface area contributed by atoms with E-state index >= 15 is 0 Å². The lowest BCUT2D eigenvalue weighted by atomic mass is 10.00. The van der Waals surface area contributed by atoms with E-state index in [1.165, 1.54) is 0 Å². The third-order valence-electron chi connectivity index (χ3n) is 5.98. The first-order valence-corrected chi connectivity index (χ1v) is 13.0. The van der Waals surface area contributed by atoms with Gasteiger partial charge in [-0.3, -0.25) is 4.72 Å². The molecule has 2 aromatic rings. The van der Waals surface area contributed by atoms with Crippen molar-refractivity contribution < 1.29 is 17.9 Å². The Morgan fingerprint density at radius 2 is 1.82 bits per heavy atom. The molecule has 4 rings (SSSR count). The lowest BCUT2D eigenvalue weighted by Gasteiger charge is -2.28. The number of nitrogens with zero attached hydrogens (tertiary/aromatic N) is 3. The fraction of sp³-hybridized carbons (Fsp3) is 0.478. The van der Waals surface area contributed by atoms with Crippen LogP contribution in [0.3, 0.4) is 0 Å². The van der Waals surface area contributed by atoms with E-state index < -0.39 is 10.0 Å². The molecule has 2 fully saturated rings. The zero-order chi connectivity index (χ0) is 23.4. The van der Waals surface area contributed by atoms with Crippen LogP contribution in [-0.2, 0) is 14.8 Å². The van der Waals surface area contributed by atoms with Crippen LogP contribution >= 0.6 is 0 Å². The molecule has 0 spiro atoms. The number of carbonyl (C=O) groups excluding carboxylic acids is 1. The summed E-state index contributed by atoms with van der Waals surface area (Å²) in [4.78, 5) is 21.0. The first-order valence-electron chi connectivity index (χ1n) is 11.4. The predicted molar refractivity (Wildman–Crippen MR) is 130 cm³/mol. The Hall–Kier alpha value is -2.85. The number of ether oxygens (including phenoxy) is 1. The van der Waals surface area contributed by atoms with Gasteiger partial charge in [0.1, 0.15) is 11.6 Å². The molecule has 2 amide bonds. The summed E-state index contributed by atoms with van der Waals surface area (Å²) < 4.78 is 32.5. The molecule has 2 aliphatic heterocycles. The van der Waals surface area contributed by atoms with Crippen LogP contribution in [0.25, 0.3) is 11.1 Å².